The predicted octanol–water partition coefficient (Wildman–Crippen LogP) is 5.91. The summed E-state index contributed by atoms with van der Waals surface area (Å²) >= 11 is 3.47. The van der Waals surface area contributed by atoms with Crippen LogP contribution in [0.4, 0.5) is 10.1 Å². The summed E-state index contributed by atoms with van der Waals surface area (Å²) in [5.41, 5.74) is 1.66. The molecule has 0 heterocycles. The van der Waals surface area contributed by atoms with Gasteiger partial charge in [-0.25, -0.2) is 4.39 Å². The molecule has 3 heteroatoms. The number of nitrogens with one attached hydrogen (secondary N) is 1. The van der Waals surface area contributed by atoms with E-state index in [1.54, 1.807) is 6.07 Å². The lowest BCUT2D eigenvalue weighted by Crippen LogP contribution is -2.08. The van der Waals surface area contributed by atoms with Crippen molar-refractivity contribution in [3.8, 4) is 0 Å². The van der Waals surface area contributed by atoms with Crippen molar-refractivity contribution in [2.45, 2.75) is 13.0 Å². The van der Waals surface area contributed by atoms with E-state index in [2.05, 4.69) is 45.5 Å². The van der Waals surface area contributed by atoms with Gasteiger partial charge in [-0.15, -0.1) is 0 Å². The van der Waals surface area contributed by atoms with Gasteiger partial charge in [0.25, 0.3) is 0 Å². The molecular weight excluding hydrogens is 329 g/mol. The second kappa shape index (κ2) is 5.86. The summed E-state index contributed by atoms with van der Waals surface area (Å²) in [5.74, 6) is -0.179. The van der Waals surface area contributed by atoms with Gasteiger partial charge in [0.05, 0.1) is 6.04 Å². The number of fused-ring (bicyclic) bond motifs is 1. The zero-order chi connectivity index (χ0) is 14.8. The molecule has 1 N–H and O–H groups in total. The van der Waals surface area contributed by atoms with Gasteiger partial charge in [-0.1, -0.05) is 46.3 Å². The van der Waals surface area contributed by atoms with Gasteiger partial charge >= 0.3 is 0 Å². The van der Waals surface area contributed by atoms with Gasteiger partial charge in [-0.05, 0) is 48.0 Å². The number of hydrogen-bond donors (Lipinski definition) is 1. The van der Waals surface area contributed by atoms with Crippen molar-refractivity contribution in [1.82, 2.24) is 0 Å². The molecule has 1 unspecified atom stereocenters. The largest absolute Gasteiger partial charge is 0.378 e. The van der Waals surface area contributed by atoms with Gasteiger partial charge in [-0.2, -0.15) is 0 Å². The average Bonchev–Trinajstić information content (AvgIpc) is 2.48. The van der Waals surface area contributed by atoms with E-state index < -0.39 is 0 Å². The highest BCUT2D eigenvalue weighted by Gasteiger charge is 2.10. The minimum absolute atomic E-state index is 0.0842. The molecular formula is C18H15BrFN. The molecule has 0 aliphatic rings. The smallest absolute Gasteiger partial charge is 0.128 e. The van der Waals surface area contributed by atoms with Crippen molar-refractivity contribution >= 4 is 32.4 Å². The Labute approximate surface area is 131 Å². The fraction of sp³-hybridized carbons (Fsp3) is 0.111. The summed E-state index contributed by atoms with van der Waals surface area (Å²) < 4.78 is 14.9. The van der Waals surface area contributed by atoms with Crippen molar-refractivity contribution < 1.29 is 4.39 Å². The highest BCUT2D eigenvalue weighted by Crippen LogP contribution is 2.26. The standard InChI is InChI=1S/C18H15BrFN/c1-12(17-4-2-3-5-18(17)20)21-16-9-7-13-10-15(19)8-6-14(13)11-16/h2-12,21H,1H3. The quantitative estimate of drug-likeness (QED) is 0.622. The molecule has 1 nitrogen and oxygen atoms in total. The zero-order valence-corrected chi connectivity index (χ0v) is 13.2. The van der Waals surface area contributed by atoms with Crippen LogP contribution in [0.3, 0.4) is 0 Å². The van der Waals surface area contributed by atoms with Crippen LogP contribution in [0.15, 0.2) is 65.1 Å². The number of hydrogen-bond acceptors (Lipinski definition) is 1. The first-order valence-corrected chi connectivity index (χ1v) is 7.63. The van der Waals surface area contributed by atoms with Gasteiger partial charge in [0.1, 0.15) is 5.82 Å². The maximum atomic E-state index is 13.8. The minimum atomic E-state index is -0.179. The first kappa shape index (κ1) is 14.1. The third kappa shape index (κ3) is 3.08. The molecule has 3 aromatic carbocycles. The van der Waals surface area contributed by atoms with Gasteiger partial charge in [0, 0.05) is 15.7 Å². The van der Waals surface area contributed by atoms with Gasteiger partial charge in [0.15, 0.2) is 0 Å². The number of anilines is 1. The van der Waals surface area contributed by atoms with Crippen molar-refractivity contribution in [3.05, 3.63) is 76.5 Å². The summed E-state index contributed by atoms with van der Waals surface area (Å²) in [7, 11) is 0. The fourth-order valence-electron chi connectivity index (χ4n) is 2.46. The Bertz CT molecular complexity index is 785. The molecule has 0 radical (unpaired) electrons. The first-order chi connectivity index (χ1) is 10.1. The van der Waals surface area contributed by atoms with E-state index in [1.165, 1.54) is 11.5 Å². The molecule has 3 rings (SSSR count). The normalized spacial score (nSPS) is 12.3. The molecule has 0 bridgehead atoms. The van der Waals surface area contributed by atoms with Crippen LogP contribution in [0, 0.1) is 5.82 Å². The van der Waals surface area contributed by atoms with E-state index in [-0.39, 0.29) is 11.9 Å². The van der Waals surface area contributed by atoms with Crippen LogP contribution in [-0.2, 0) is 0 Å². The molecule has 0 aliphatic heterocycles. The lowest BCUT2D eigenvalue weighted by atomic mass is 10.1. The lowest BCUT2D eigenvalue weighted by Gasteiger charge is -2.17. The third-order valence-corrected chi connectivity index (χ3v) is 4.05. The van der Waals surface area contributed by atoms with Crippen molar-refractivity contribution in [2.75, 3.05) is 5.32 Å². The summed E-state index contributed by atoms with van der Waals surface area (Å²) in [4.78, 5) is 0. The molecule has 3 aromatic rings. The van der Waals surface area contributed by atoms with Crippen molar-refractivity contribution in [2.24, 2.45) is 0 Å². The number of halogens is 2. The van der Waals surface area contributed by atoms with E-state index in [9.17, 15) is 4.39 Å². The van der Waals surface area contributed by atoms with Crippen LogP contribution < -0.4 is 5.32 Å². The van der Waals surface area contributed by atoms with E-state index in [4.69, 9.17) is 0 Å². The molecule has 0 fully saturated rings. The molecule has 0 amide bonds. The third-order valence-electron chi connectivity index (χ3n) is 3.56. The van der Waals surface area contributed by atoms with Crippen LogP contribution in [-0.4, -0.2) is 0 Å². The highest BCUT2D eigenvalue weighted by atomic mass is 79.9. The van der Waals surface area contributed by atoms with Crippen LogP contribution in [0.1, 0.15) is 18.5 Å². The molecule has 0 saturated heterocycles. The number of rotatable bonds is 3. The van der Waals surface area contributed by atoms with Crippen LogP contribution in [0.25, 0.3) is 10.8 Å². The molecule has 106 valence electrons. The topological polar surface area (TPSA) is 12.0 Å². The maximum absolute atomic E-state index is 13.8. The number of benzene rings is 3. The van der Waals surface area contributed by atoms with E-state index in [0.29, 0.717) is 5.56 Å². The SMILES string of the molecule is CC(Nc1ccc2cc(Br)ccc2c1)c1ccccc1F. The lowest BCUT2D eigenvalue weighted by molar-refractivity contribution is 0.600. The highest BCUT2D eigenvalue weighted by molar-refractivity contribution is 9.10. The Morgan fingerprint density at radius 3 is 2.48 bits per heavy atom. The minimum Gasteiger partial charge on any atom is -0.378 e. The Balaban J connectivity index is 1.88. The van der Waals surface area contributed by atoms with E-state index in [0.717, 1.165) is 15.5 Å². The Kier molecular flexibility index (Phi) is 3.93. The Morgan fingerprint density at radius 1 is 0.952 bits per heavy atom. The molecule has 21 heavy (non-hydrogen) atoms. The van der Waals surface area contributed by atoms with Gasteiger partial charge in [-0.3, -0.25) is 0 Å². The first-order valence-electron chi connectivity index (χ1n) is 6.84. The van der Waals surface area contributed by atoms with E-state index in [1.807, 2.05) is 31.2 Å². The van der Waals surface area contributed by atoms with Crippen molar-refractivity contribution in [3.63, 3.8) is 0 Å². The van der Waals surface area contributed by atoms with Crippen LogP contribution >= 0.6 is 15.9 Å². The second-order valence-electron chi connectivity index (χ2n) is 5.09. The van der Waals surface area contributed by atoms with Gasteiger partial charge < -0.3 is 5.32 Å². The summed E-state index contributed by atoms with van der Waals surface area (Å²) in [6.07, 6.45) is 0. The average molecular weight is 344 g/mol. The molecule has 1 atom stereocenters. The Morgan fingerprint density at radius 2 is 1.67 bits per heavy atom. The zero-order valence-electron chi connectivity index (χ0n) is 11.6. The summed E-state index contributed by atoms with van der Waals surface area (Å²) in [6, 6.07) is 19.1. The fourth-order valence-corrected chi connectivity index (χ4v) is 2.84. The predicted molar refractivity (Wildman–Crippen MR) is 90.1 cm³/mol. The van der Waals surface area contributed by atoms with Crippen LogP contribution in [0.2, 0.25) is 0 Å². The molecule has 0 saturated carbocycles. The van der Waals surface area contributed by atoms with Crippen molar-refractivity contribution in [1.29, 1.82) is 0 Å². The monoisotopic (exact) mass is 343 g/mol. The van der Waals surface area contributed by atoms with Crippen LogP contribution in [0.5, 0.6) is 0 Å². The second-order valence-corrected chi connectivity index (χ2v) is 6.01. The molecule has 0 aromatic heterocycles. The Hall–Kier alpha value is -1.87. The summed E-state index contributed by atoms with van der Waals surface area (Å²) in [6.45, 7) is 1.96. The van der Waals surface area contributed by atoms with Gasteiger partial charge in [0.2, 0.25) is 0 Å². The summed E-state index contributed by atoms with van der Waals surface area (Å²) in [5, 5.41) is 5.68. The molecule has 0 aliphatic carbocycles. The molecule has 0 spiro atoms. The van der Waals surface area contributed by atoms with E-state index >= 15 is 0 Å². The maximum Gasteiger partial charge on any atom is 0.128 e.